The molecule has 0 heterocycles. The topological polar surface area (TPSA) is 36.4 Å². The summed E-state index contributed by atoms with van der Waals surface area (Å²) in [6, 6.07) is 16.2. The Kier molecular flexibility index (Phi) is 5.64. The van der Waals surface area contributed by atoms with Crippen molar-refractivity contribution in [3.63, 3.8) is 0 Å². The van der Waals surface area contributed by atoms with E-state index in [2.05, 4.69) is 46.8 Å². The predicted octanol–water partition coefficient (Wildman–Crippen LogP) is 3.51. The van der Waals surface area contributed by atoms with Crippen LogP contribution in [0, 0.1) is 6.92 Å². The first-order chi connectivity index (χ1) is 10.2. The van der Waals surface area contributed by atoms with Gasteiger partial charge in [0.1, 0.15) is 0 Å². The van der Waals surface area contributed by atoms with E-state index in [1.54, 1.807) is 7.05 Å². The summed E-state index contributed by atoms with van der Waals surface area (Å²) in [5, 5.41) is 7.34. The Morgan fingerprint density at radius 1 is 1.00 bits per heavy atom. The van der Waals surface area contributed by atoms with E-state index in [9.17, 15) is 0 Å². The molecule has 0 atom stereocenters. The van der Waals surface area contributed by atoms with Crippen molar-refractivity contribution in [3.8, 4) is 0 Å². The highest BCUT2D eigenvalue weighted by Gasteiger charge is 1.99. The molecule has 21 heavy (non-hydrogen) atoms. The van der Waals surface area contributed by atoms with Crippen molar-refractivity contribution in [3.05, 3.63) is 70.2 Å². The Balaban J connectivity index is 1.85. The summed E-state index contributed by atoms with van der Waals surface area (Å²) in [6.07, 6.45) is 0. The number of guanidine groups is 1. The van der Waals surface area contributed by atoms with Gasteiger partial charge in [0.25, 0.3) is 0 Å². The van der Waals surface area contributed by atoms with E-state index in [1.165, 1.54) is 11.1 Å². The van der Waals surface area contributed by atoms with Crippen LogP contribution in [0.2, 0.25) is 5.02 Å². The molecule has 0 aromatic heterocycles. The maximum atomic E-state index is 5.88. The lowest BCUT2D eigenvalue weighted by atomic mass is 10.1. The second kappa shape index (κ2) is 7.70. The van der Waals surface area contributed by atoms with Crippen LogP contribution >= 0.6 is 11.6 Å². The number of rotatable bonds is 4. The molecule has 4 heteroatoms. The molecule has 0 bridgehead atoms. The van der Waals surface area contributed by atoms with Crippen LogP contribution in [0.1, 0.15) is 16.7 Å². The van der Waals surface area contributed by atoms with Gasteiger partial charge in [-0.05, 0) is 30.2 Å². The lowest BCUT2D eigenvalue weighted by Gasteiger charge is -2.12. The summed E-state index contributed by atoms with van der Waals surface area (Å²) >= 11 is 5.88. The smallest absolute Gasteiger partial charge is 0.191 e. The third-order valence-corrected chi connectivity index (χ3v) is 3.39. The molecule has 2 N–H and O–H groups in total. The zero-order valence-corrected chi connectivity index (χ0v) is 13.1. The highest BCUT2D eigenvalue weighted by atomic mass is 35.5. The molecule has 2 rings (SSSR count). The van der Waals surface area contributed by atoms with E-state index in [0.717, 1.165) is 23.1 Å². The van der Waals surface area contributed by atoms with Gasteiger partial charge in [-0.2, -0.15) is 0 Å². The second-order valence-electron chi connectivity index (χ2n) is 4.89. The number of aliphatic imine (C=N–C) groups is 1. The molecule has 0 aliphatic rings. The van der Waals surface area contributed by atoms with E-state index in [0.29, 0.717) is 6.54 Å². The number of aryl methyl sites for hydroxylation is 1. The van der Waals surface area contributed by atoms with Crippen LogP contribution < -0.4 is 10.6 Å². The molecule has 3 nitrogen and oxygen atoms in total. The zero-order chi connectivity index (χ0) is 15.1. The predicted molar refractivity (Wildman–Crippen MR) is 89.7 cm³/mol. The van der Waals surface area contributed by atoms with E-state index < -0.39 is 0 Å². The Morgan fingerprint density at radius 2 is 1.67 bits per heavy atom. The maximum absolute atomic E-state index is 5.88. The van der Waals surface area contributed by atoms with Gasteiger partial charge < -0.3 is 10.6 Å². The van der Waals surface area contributed by atoms with Gasteiger partial charge in [-0.1, -0.05) is 53.6 Å². The van der Waals surface area contributed by atoms with Crippen molar-refractivity contribution in [1.82, 2.24) is 10.6 Å². The summed E-state index contributed by atoms with van der Waals surface area (Å²) < 4.78 is 0. The maximum Gasteiger partial charge on any atom is 0.191 e. The molecule has 2 aromatic rings. The fourth-order valence-corrected chi connectivity index (χ4v) is 2.14. The minimum Gasteiger partial charge on any atom is -0.352 e. The van der Waals surface area contributed by atoms with Gasteiger partial charge in [0.05, 0.1) is 0 Å². The minimum absolute atomic E-state index is 0.713. The molecule has 0 amide bonds. The number of hydrogen-bond donors (Lipinski definition) is 2. The summed E-state index contributed by atoms with van der Waals surface area (Å²) in [4.78, 5) is 4.23. The average Bonchev–Trinajstić information content (AvgIpc) is 2.49. The van der Waals surface area contributed by atoms with E-state index >= 15 is 0 Å². The Hall–Kier alpha value is -2.00. The van der Waals surface area contributed by atoms with Crippen molar-refractivity contribution in [2.45, 2.75) is 20.0 Å². The van der Waals surface area contributed by atoms with Crippen LogP contribution in [0.25, 0.3) is 0 Å². The largest absolute Gasteiger partial charge is 0.352 e. The summed E-state index contributed by atoms with van der Waals surface area (Å²) in [7, 11) is 1.77. The Morgan fingerprint density at radius 3 is 2.29 bits per heavy atom. The number of hydrogen-bond acceptors (Lipinski definition) is 1. The SMILES string of the molecule is CN=C(NCc1ccc(Cl)cc1)NCc1cccc(C)c1. The molecule has 0 spiro atoms. The normalized spacial score (nSPS) is 11.3. The molecular weight excluding hydrogens is 282 g/mol. The summed E-state index contributed by atoms with van der Waals surface area (Å²) in [5.74, 6) is 0.784. The quantitative estimate of drug-likeness (QED) is 0.670. The van der Waals surface area contributed by atoms with Crippen molar-refractivity contribution in [2.75, 3.05) is 7.05 Å². The van der Waals surface area contributed by atoms with Gasteiger partial charge in [-0.3, -0.25) is 4.99 Å². The molecule has 0 aliphatic heterocycles. The summed E-state index contributed by atoms with van der Waals surface area (Å²) in [5.41, 5.74) is 3.67. The Labute approximate surface area is 131 Å². The first-order valence-electron chi connectivity index (χ1n) is 6.92. The van der Waals surface area contributed by atoms with Crippen molar-refractivity contribution in [1.29, 1.82) is 0 Å². The lowest BCUT2D eigenvalue weighted by Crippen LogP contribution is -2.36. The minimum atomic E-state index is 0.713. The standard InChI is InChI=1S/C17H20ClN3/c1-13-4-3-5-15(10-13)12-21-17(19-2)20-11-14-6-8-16(18)9-7-14/h3-10H,11-12H2,1-2H3,(H2,19,20,21). The summed E-state index contributed by atoms with van der Waals surface area (Å²) in [6.45, 7) is 3.56. The van der Waals surface area contributed by atoms with Crippen LogP contribution in [0.4, 0.5) is 0 Å². The van der Waals surface area contributed by atoms with Gasteiger partial charge in [-0.25, -0.2) is 0 Å². The van der Waals surface area contributed by atoms with Crippen LogP contribution in [-0.4, -0.2) is 13.0 Å². The van der Waals surface area contributed by atoms with Crippen LogP contribution in [0.5, 0.6) is 0 Å². The molecule has 0 radical (unpaired) electrons. The van der Waals surface area contributed by atoms with Gasteiger partial charge in [-0.15, -0.1) is 0 Å². The van der Waals surface area contributed by atoms with Gasteiger partial charge in [0, 0.05) is 25.2 Å². The molecule has 0 fully saturated rings. The Bertz CT molecular complexity index is 606. The number of nitrogens with one attached hydrogen (secondary N) is 2. The fraction of sp³-hybridized carbons (Fsp3) is 0.235. The molecule has 110 valence electrons. The lowest BCUT2D eigenvalue weighted by molar-refractivity contribution is 0.809. The van der Waals surface area contributed by atoms with Crippen LogP contribution in [-0.2, 0) is 13.1 Å². The molecule has 0 saturated carbocycles. The average molecular weight is 302 g/mol. The zero-order valence-electron chi connectivity index (χ0n) is 12.4. The fourth-order valence-electron chi connectivity index (χ4n) is 2.02. The number of halogens is 1. The van der Waals surface area contributed by atoms with Crippen molar-refractivity contribution in [2.24, 2.45) is 4.99 Å². The number of nitrogens with zero attached hydrogens (tertiary/aromatic N) is 1. The van der Waals surface area contributed by atoms with Gasteiger partial charge in [0.2, 0.25) is 0 Å². The molecule has 0 unspecified atom stereocenters. The van der Waals surface area contributed by atoms with Crippen molar-refractivity contribution >= 4 is 17.6 Å². The highest BCUT2D eigenvalue weighted by molar-refractivity contribution is 6.30. The molecule has 0 saturated heterocycles. The third kappa shape index (κ3) is 5.12. The highest BCUT2D eigenvalue weighted by Crippen LogP contribution is 2.09. The van der Waals surface area contributed by atoms with Crippen LogP contribution in [0.15, 0.2) is 53.5 Å². The first-order valence-corrected chi connectivity index (χ1v) is 7.29. The first kappa shape index (κ1) is 15.4. The third-order valence-electron chi connectivity index (χ3n) is 3.14. The second-order valence-corrected chi connectivity index (χ2v) is 5.33. The van der Waals surface area contributed by atoms with Gasteiger partial charge in [0.15, 0.2) is 5.96 Å². The van der Waals surface area contributed by atoms with Crippen molar-refractivity contribution < 1.29 is 0 Å². The molecule has 2 aromatic carbocycles. The monoisotopic (exact) mass is 301 g/mol. The molecule has 0 aliphatic carbocycles. The van der Waals surface area contributed by atoms with E-state index in [1.807, 2.05) is 24.3 Å². The number of benzene rings is 2. The van der Waals surface area contributed by atoms with E-state index in [-0.39, 0.29) is 0 Å². The molecular formula is C17H20ClN3. The van der Waals surface area contributed by atoms with E-state index in [4.69, 9.17) is 11.6 Å². The van der Waals surface area contributed by atoms with Gasteiger partial charge >= 0.3 is 0 Å². The van der Waals surface area contributed by atoms with Crippen LogP contribution in [0.3, 0.4) is 0 Å².